The summed E-state index contributed by atoms with van der Waals surface area (Å²) in [4.78, 5) is 10.9. The van der Waals surface area contributed by atoms with Crippen LogP contribution in [0.2, 0.25) is 0 Å². The first-order valence-corrected chi connectivity index (χ1v) is 5.32. The summed E-state index contributed by atoms with van der Waals surface area (Å²) in [5.74, 6) is -1.12. The van der Waals surface area contributed by atoms with Gasteiger partial charge in [-0.25, -0.2) is 0 Å². The van der Waals surface area contributed by atoms with E-state index in [-0.39, 0.29) is 23.2 Å². The van der Waals surface area contributed by atoms with E-state index in [1.165, 1.54) is 0 Å². The number of hydrogen-bond donors (Lipinski definition) is 1. The summed E-state index contributed by atoms with van der Waals surface area (Å²) >= 11 is 0. The van der Waals surface area contributed by atoms with Crippen LogP contribution in [0.4, 0.5) is 0 Å². The number of hydrogen-bond acceptors (Lipinski definition) is 3. The maximum Gasteiger partial charge on any atom is 0.307 e. The highest BCUT2D eigenvalue weighted by Crippen LogP contribution is 2.59. The van der Waals surface area contributed by atoms with Crippen molar-refractivity contribution in [3.63, 3.8) is 0 Å². The lowest BCUT2D eigenvalue weighted by atomic mass is 10.1. The molecule has 4 nitrogen and oxygen atoms in total. The van der Waals surface area contributed by atoms with E-state index in [1.807, 2.05) is 33.8 Å². The highest BCUT2D eigenvalue weighted by atomic mass is 16.5. The monoisotopic (exact) mass is 223 g/mol. The molecule has 16 heavy (non-hydrogen) atoms. The fraction of sp³-hybridized carbons (Fsp3) is 0.667. The van der Waals surface area contributed by atoms with Gasteiger partial charge >= 0.3 is 5.97 Å². The van der Waals surface area contributed by atoms with Crippen molar-refractivity contribution < 1.29 is 14.6 Å². The van der Waals surface area contributed by atoms with Crippen molar-refractivity contribution in [3.8, 4) is 6.07 Å². The number of rotatable bonds is 4. The standard InChI is InChI=1S/C12H17NO3/c1-7(2)16-8(6-13)5-9-10(11(14)15)12(9,3)4/h5,7,9-10H,1-4H3,(H,14,15)/b8-5+. The van der Waals surface area contributed by atoms with Crippen LogP contribution in [0.25, 0.3) is 0 Å². The molecular weight excluding hydrogens is 206 g/mol. The van der Waals surface area contributed by atoms with Gasteiger partial charge in [0, 0.05) is 5.92 Å². The second-order valence-electron chi connectivity index (χ2n) is 4.97. The Morgan fingerprint density at radius 2 is 2.12 bits per heavy atom. The van der Waals surface area contributed by atoms with Crippen LogP contribution in [-0.4, -0.2) is 17.2 Å². The van der Waals surface area contributed by atoms with Crippen molar-refractivity contribution in [1.82, 2.24) is 0 Å². The van der Waals surface area contributed by atoms with Crippen LogP contribution in [-0.2, 0) is 9.53 Å². The summed E-state index contributed by atoms with van der Waals surface area (Å²) in [5.41, 5.74) is -0.283. The first-order valence-electron chi connectivity index (χ1n) is 5.32. The van der Waals surface area contributed by atoms with Gasteiger partial charge in [-0.05, 0) is 25.3 Å². The molecule has 0 heterocycles. The van der Waals surface area contributed by atoms with Crippen molar-refractivity contribution in [1.29, 1.82) is 5.26 Å². The maximum absolute atomic E-state index is 10.9. The largest absolute Gasteiger partial charge is 0.481 e. The van der Waals surface area contributed by atoms with Gasteiger partial charge in [0.2, 0.25) is 0 Å². The predicted octanol–water partition coefficient (Wildman–Crippen LogP) is 2.18. The Bertz CT molecular complexity index is 363. The average molecular weight is 223 g/mol. The van der Waals surface area contributed by atoms with E-state index in [2.05, 4.69) is 0 Å². The molecule has 0 aromatic heterocycles. The van der Waals surface area contributed by atoms with Gasteiger partial charge in [-0.2, -0.15) is 5.26 Å². The summed E-state index contributed by atoms with van der Waals surface area (Å²) in [5, 5.41) is 17.8. The second kappa shape index (κ2) is 4.17. The number of carbonyl (C=O) groups is 1. The van der Waals surface area contributed by atoms with Gasteiger partial charge in [0.25, 0.3) is 0 Å². The molecule has 1 N–H and O–H groups in total. The Labute approximate surface area is 95.5 Å². The van der Waals surface area contributed by atoms with Gasteiger partial charge in [-0.15, -0.1) is 0 Å². The summed E-state index contributed by atoms with van der Waals surface area (Å²) in [6, 6.07) is 1.95. The smallest absolute Gasteiger partial charge is 0.307 e. The van der Waals surface area contributed by atoms with Crippen LogP contribution in [0.5, 0.6) is 0 Å². The summed E-state index contributed by atoms with van der Waals surface area (Å²) in [6.45, 7) is 7.43. The van der Waals surface area contributed by atoms with E-state index < -0.39 is 11.9 Å². The first-order chi connectivity index (χ1) is 7.30. The highest BCUT2D eigenvalue weighted by Gasteiger charge is 2.61. The minimum absolute atomic E-state index is 0.0731. The number of nitrogens with zero attached hydrogens (tertiary/aromatic N) is 1. The van der Waals surface area contributed by atoms with E-state index in [9.17, 15) is 4.79 Å². The van der Waals surface area contributed by atoms with Crippen molar-refractivity contribution >= 4 is 5.97 Å². The molecule has 1 saturated carbocycles. The molecule has 0 saturated heterocycles. The molecule has 0 amide bonds. The summed E-state index contributed by atoms with van der Waals surface area (Å²) < 4.78 is 5.28. The molecule has 2 unspecified atom stereocenters. The van der Waals surface area contributed by atoms with E-state index in [1.54, 1.807) is 6.08 Å². The summed E-state index contributed by atoms with van der Waals surface area (Å²) in [7, 11) is 0. The lowest BCUT2D eigenvalue weighted by molar-refractivity contribution is -0.139. The molecule has 4 heteroatoms. The third-order valence-corrected chi connectivity index (χ3v) is 2.98. The van der Waals surface area contributed by atoms with Crippen LogP contribution < -0.4 is 0 Å². The quantitative estimate of drug-likeness (QED) is 0.585. The molecular formula is C12H17NO3. The van der Waals surface area contributed by atoms with Crippen LogP contribution in [0.15, 0.2) is 11.8 Å². The molecule has 0 bridgehead atoms. The Kier molecular flexibility index (Phi) is 3.27. The third-order valence-electron chi connectivity index (χ3n) is 2.98. The Hall–Kier alpha value is -1.50. The van der Waals surface area contributed by atoms with E-state index in [4.69, 9.17) is 15.1 Å². The molecule has 0 aromatic carbocycles. The molecule has 0 spiro atoms. The van der Waals surface area contributed by atoms with E-state index in [0.717, 1.165) is 0 Å². The van der Waals surface area contributed by atoms with Gasteiger partial charge in [-0.3, -0.25) is 4.79 Å². The fourth-order valence-electron chi connectivity index (χ4n) is 1.98. The van der Waals surface area contributed by atoms with Crippen LogP contribution >= 0.6 is 0 Å². The average Bonchev–Trinajstić information content (AvgIpc) is 2.66. The van der Waals surface area contributed by atoms with Gasteiger partial charge in [0.15, 0.2) is 5.76 Å². The number of allylic oxidation sites excluding steroid dienone is 2. The molecule has 0 radical (unpaired) electrons. The predicted molar refractivity (Wildman–Crippen MR) is 58.3 cm³/mol. The highest BCUT2D eigenvalue weighted by molar-refractivity contribution is 5.76. The SMILES string of the molecule is CC(C)O/C(C#N)=C/C1C(C(=O)O)C1(C)C. The molecule has 88 valence electrons. The third kappa shape index (κ3) is 2.35. The molecule has 1 fully saturated rings. The molecule has 1 aliphatic rings. The van der Waals surface area contributed by atoms with Gasteiger partial charge in [0.1, 0.15) is 6.07 Å². The van der Waals surface area contributed by atoms with Crippen LogP contribution in [0.3, 0.4) is 0 Å². The van der Waals surface area contributed by atoms with Crippen molar-refractivity contribution in [2.45, 2.75) is 33.8 Å². The second-order valence-corrected chi connectivity index (χ2v) is 4.97. The summed E-state index contributed by atoms with van der Waals surface area (Å²) in [6.07, 6.45) is 1.56. The van der Waals surface area contributed by atoms with Crippen molar-refractivity contribution in [2.75, 3.05) is 0 Å². The molecule has 1 aliphatic carbocycles. The molecule has 2 atom stereocenters. The van der Waals surface area contributed by atoms with Gasteiger partial charge < -0.3 is 9.84 Å². The van der Waals surface area contributed by atoms with Gasteiger partial charge in [-0.1, -0.05) is 13.8 Å². The van der Waals surface area contributed by atoms with Crippen LogP contribution in [0, 0.1) is 28.6 Å². The van der Waals surface area contributed by atoms with Gasteiger partial charge in [0.05, 0.1) is 12.0 Å². The molecule has 0 aromatic rings. The first kappa shape index (κ1) is 12.6. The zero-order chi connectivity index (χ0) is 12.5. The number of carboxylic acid groups (broad SMARTS) is 1. The minimum Gasteiger partial charge on any atom is -0.481 e. The van der Waals surface area contributed by atoms with Crippen molar-refractivity contribution in [2.24, 2.45) is 17.3 Å². The minimum atomic E-state index is -0.812. The number of carboxylic acids is 1. The normalized spacial score (nSPS) is 27.4. The topological polar surface area (TPSA) is 70.3 Å². The zero-order valence-electron chi connectivity index (χ0n) is 10.0. The maximum atomic E-state index is 10.9. The Morgan fingerprint density at radius 3 is 2.44 bits per heavy atom. The van der Waals surface area contributed by atoms with E-state index >= 15 is 0 Å². The molecule has 0 aliphatic heterocycles. The van der Waals surface area contributed by atoms with Crippen molar-refractivity contribution in [3.05, 3.63) is 11.8 Å². The van der Waals surface area contributed by atoms with E-state index in [0.29, 0.717) is 0 Å². The number of aliphatic carboxylic acids is 1. The Balaban J connectivity index is 2.78. The Morgan fingerprint density at radius 1 is 1.56 bits per heavy atom. The fourth-order valence-corrected chi connectivity index (χ4v) is 1.98. The number of nitriles is 1. The lowest BCUT2D eigenvalue weighted by Gasteiger charge is -2.07. The lowest BCUT2D eigenvalue weighted by Crippen LogP contribution is -2.03. The number of ether oxygens (including phenoxy) is 1. The molecule has 1 rings (SSSR count). The van der Waals surface area contributed by atoms with Crippen LogP contribution in [0.1, 0.15) is 27.7 Å². The zero-order valence-corrected chi connectivity index (χ0v) is 10.0.